The van der Waals surface area contributed by atoms with Crippen LogP contribution in [0.15, 0.2) is 35.3 Å². The van der Waals surface area contributed by atoms with Gasteiger partial charge >= 0.3 is 0 Å². The largest absolute Gasteiger partial charge is 0.326 e. The van der Waals surface area contributed by atoms with Gasteiger partial charge in [0.15, 0.2) is 0 Å². The summed E-state index contributed by atoms with van der Waals surface area (Å²) in [6.45, 7) is 4.45. The minimum absolute atomic E-state index is 0.0547. The third-order valence-corrected chi connectivity index (χ3v) is 8.18. The van der Waals surface area contributed by atoms with Crippen LogP contribution in [-0.2, 0) is 10.3 Å². The van der Waals surface area contributed by atoms with Crippen molar-refractivity contribution in [1.29, 1.82) is 0 Å². The van der Waals surface area contributed by atoms with Crippen molar-refractivity contribution in [2.24, 2.45) is 17.3 Å². The molecule has 0 aliphatic heterocycles. The van der Waals surface area contributed by atoms with Crippen LogP contribution in [0.5, 0.6) is 0 Å². The van der Waals surface area contributed by atoms with Gasteiger partial charge in [0.25, 0.3) is 0 Å². The van der Waals surface area contributed by atoms with Crippen molar-refractivity contribution in [1.82, 2.24) is 14.8 Å². The molecule has 0 radical (unpaired) electrons. The Balaban J connectivity index is 1.39. The summed E-state index contributed by atoms with van der Waals surface area (Å²) >= 11 is 3.40. The number of amides is 1. The van der Waals surface area contributed by atoms with E-state index >= 15 is 0 Å². The van der Waals surface area contributed by atoms with Crippen LogP contribution in [0.3, 0.4) is 0 Å². The van der Waals surface area contributed by atoms with Crippen molar-refractivity contribution in [2.75, 3.05) is 5.32 Å². The number of aromatic nitrogens is 3. The molecular formula is C23H29BrN4O. The van der Waals surface area contributed by atoms with Crippen LogP contribution < -0.4 is 5.32 Å². The molecular weight excluding hydrogens is 428 g/mol. The highest BCUT2D eigenvalue weighted by molar-refractivity contribution is 9.10. The van der Waals surface area contributed by atoms with Gasteiger partial charge < -0.3 is 5.32 Å². The van der Waals surface area contributed by atoms with Gasteiger partial charge in [-0.25, -0.2) is 9.67 Å². The average molecular weight is 457 g/mol. The molecule has 6 rings (SSSR count). The highest BCUT2D eigenvalue weighted by Gasteiger charge is 2.61. The first-order valence-corrected chi connectivity index (χ1v) is 11.7. The summed E-state index contributed by atoms with van der Waals surface area (Å²) in [5.41, 5.74) is 1.91. The van der Waals surface area contributed by atoms with Crippen molar-refractivity contribution in [2.45, 2.75) is 70.3 Å². The fraction of sp³-hybridized carbons (Fsp3) is 0.609. The SMILES string of the molecule is CC[C@@H](C)c1ccc(NC(=O)C23C[C@@H]4C[C@@H](C2)CC(n2cnc(Br)n2)(C4)C3)cc1. The lowest BCUT2D eigenvalue weighted by atomic mass is 9.46. The molecule has 4 aliphatic carbocycles. The fourth-order valence-corrected chi connectivity index (χ4v) is 6.88. The van der Waals surface area contributed by atoms with Crippen LogP contribution in [0, 0.1) is 17.3 Å². The second kappa shape index (κ2) is 6.93. The second-order valence-electron chi connectivity index (χ2n) is 9.81. The Kier molecular flexibility index (Phi) is 4.61. The zero-order chi connectivity index (χ0) is 20.2. The van der Waals surface area contributed by atoms with Crippen molar-refractivity contribution in [3.05, 3.63) is 40.9 Å². The van der Waals surface area contributed by atoms with Gasteiger partial charge in [0.05, 0.1) is 11.0 Å². The van der Waals surface area contributed by atoms with E-state index in [4.69, 9.17) is 0 Å². The van der Waals surface area contributed by atoms with Gasteiger partial charge in [0, 0.05) is 5.69 Å². The molecule has 0 spiro atoms. The minimum atomic E-state index is -0.280. The second-order valence-corrected chi connectivity index (χ2v) is 10.5. The highest BCUT2D eigenvalue weighted by atomic mass is 79.9. The van der Waals surface area contributed by atoms with E-state index in [1.165, 1.54) is 12.0 Å². The van der Waals surface area contributed by atoms with Crippen LogP contribution in [0.25, 0.3) is 0 Å². The number of hydrogen-bond acceptors (Lipinski definition) is 3. The van der Waals surface area contributed by atoms with E-state index in [0.29, 0.717) is 22.5 Å². The monoisotopic (exact) mass is 456 g/mol. The molecule has 154 valence electrons. The van der Waals surface area contributed by atoms with E-state index in [9.17, 15) is 4.79 Å². The molecule has 1 aromatic carbocycles. The molecule has 4 aliphatic rings. The minimum Gasteiger partial charge on any atom is -0.326 e. The topological polar surface area (TPSA) is 59.8 Å². The predicted molar refractivity (Wildman–Crippen MR) is 117 cm³/mol. The summed E-state index contributed by atoms with van der Waals surface area (Å²) in [5.74, 6) is 1.96. The van der Waals surface area contributed by atoms with Crippen LogP contribution in [0.4, 0.5) is 5.69 Å². The van der Waals surface area contributed by atoms with E-state index in [-0.39, 0.29) is 16.9 Å². The number of carbonyl (C=O) groups excluding carboxylic acids is 1. The molecule has 6 heteroatoms. The Morgan fingerprint density at radius 3 is 2.52 bits per heavy atom. The summed E-state index contributed by atoms with van der Waals surface area (Å²) in [7, 11) is 0. The van der Waals surface area contributed by atoms with Crippen molar-refractivity contribution >= 4 is 27.5 Å². The Morgan fingerprint density at radius 2 is 1.93 bits per heavy atom. The van der Waals surface area contributed by atoms with Gasteiger partial charge in [-0.05, 0) is 96.3 Å². The Hall–Kier alpha value is -1.69. The quantitative estimate of drug-likeness (QED) is 0.646. The van der Waals surface area contributed by atoms with E-state index in [1.54, 1.807) is 0 Å². The lowest BCUT2D eigenvalue weighted by molar-refractivity contribution is -0.150. The maximum absolute atomic E-state index is 13.6. The first kappa shape index (κ1) is 19.3. The van der Waals surface area contributed by atoms with E-state index in [0.717, 1.165) is 44.2 Å². The number of hydrogen-bond donors (Lipinski definition) is 1. The lowest BCUT2D eigenvalue weighted by Gasteiger charge is -2.60. The van der Waals surface area contributed by atoms with Crippen LogP contribution >= 0.6 is 15.9 Å². The standard InChI is InChI=1S/C23H29BrN4O/c1-3-15(2)18-4-6-19(7-5-18)26-20(29)22-9-16-8-17(10-22)12-23(11-16,13-22)28-14-25-21(24)27-28/h4-7,14-17H,3,8-13H2,1-2H3,(H,26,29)/t15-,16+,17+,22?,23?/m1/s1. The van der Waals surface area contributed by atoms with Crippen molar-refractivity contribution in [3.8, 4) is 0 Å². The molecule has 0 unspecified atom stereocenters. The van der Waals surface area contributed by atoms with Crippen LogP contribution in [0.2, 0.25) is 0 Å². The van der Waals surface area contributed by atoms with Gasteiger partial charge in [-0.1, -0.05) is 26.0 Å². The third-order valence-electron chi connectivity index (χ3n) is 7.81. The molecule has 1 amide bonds. The molecule has 5 nitrogen and oxygen atoms in total. The summed E-state index contributed by atoms with van der Waals surface area (Å²) in [4.78, 5) is 17.9. The molecule has 3 atom stereocenters. The predicted octanol–water partition coefficient (Wildman–Crippen LogP) is 5.49. The molecule has 0 saturated heterocycles. The molecule has 4 fully saturated rings. The molecule has 2 aromatic rings. The summed E-state index contributed by atoms with van der Waals surface area (Å²) in [5, 5.41) is 7.86. The van der Waals surface area contributed by atoms with Gasteiger partial charge in [-0.2, -0.15) is 0 Å². The maximum Gasteiger partial charge on any atom is 0.230 e. The zero-order valence-corrected chi connectivity index (χ0v) is 18.8. The molecule has 1 N–H and O–H groups in total. The number of anilines is 1. The number of nitrogens with one attached hydrogen (secondary N) is 1. The lowest BCUT2D eigenvalue weighted by Crippen LogP contribution is -2.60. The van der Waals surface area contributed by atoms with Crippen LogP contribution in [-0.4, -0.2) is 20.7 Å². The number of carbonyl (C=O) groups is 1. The van der Waals surface area contributed by atoms with Gasteiger partial charge in [-0.3, -0.25) is 4.79 Å². The zero-order valence-electron chi connectivity index (χ0n) is 17.2. The van der Waals surface area contributed by atoms with Crippen molar-refractivity contribution in [3.63, 3.8) is 0 Å². The van der Waals surface area contributed by atoms with Crippen LogP contribution in [0.1, 0.15) is 70.3 Å². The number of benzene rings is 1. The van der Waals surface area contributed by atoms with Gasteiger partial charge in [-0.15, -0.1) is 5.10 Å². The smallest absolute Gasteiger partial charge is 0.230 e. The maximum atomic E-state index is 13.6. The fourth-order valence-electron chi connectivity index (χ4n) is 6.61. The Bertz CT molecular complexity index is 907. The summed E-state index contributed by atoms with van der Waals surface area (Å²) < 4.78 is 2.69. The molecule has 1 heterocycles. The molecule has 4 saturated carbocycles. The molecule has 29 heavy (non-hydrogen) atoms. The summed E-state index contributed by atoms with van der Waals surface area (Å²) in [6, 6.07) is 8.42. The Labute approximate surface area is 180 Å². The number of nitrogens with zero attached hydrogens (tertiary/aromatic N) is 3. The van der Waals surface area contributed by atoms with E-state index < -0.39 is 0 Å². The van der Waals surface area contributed by atoms with Gasteiger partial charge in [0.1, 0.15) is 6.33 Å². The van der Waals surface area contributed by atoms with E-state index in [2.05, 4.69) is 74.1 Å². The third kappa shape index (κ3) is 3.24. The first-order chi connectivity index (χ1) is 13.9. The average Bonchev–Trinajstić information content (AvgIpc) is 3.14. The first-order valence-electron chi connectivity index (χ1n) is 10.9. The molecule has 4 bridgehead atoms. The number of rotatable bonds is 5. The van der Waals surface area contributed by atoms with Crippen molar-refractivity contribution < 1.29 is 4.79 Å². The van der Waals surface area contributed by atoms with E-state index in [1.807, 2.05) is 6.33 Å². The van der Waals surface area contributed by atoms with Gasteiger partial charge in [0.2, 0.25) is 10.6 Å². The normalized spacial score (nSPS) is 33.6. The Morgan fingerprint density at radius 1 is 1.24 bits per heavy atom. The molecule has 1 aromatic heterocycles. The highest BCUT2D eigenvalue weighted by Crippen LogP contribution is 2.64. The number of halogens is 1. The summed E-state index contributed by atoms with van der Waals surface area (Å²) in [6.07, 6.45) is 9.37.